The third-order valence-electron chi connectivity index (χ3n) is 3.48. The van der Waals surface area contributed by atoms with E-state index >= 15 is 0 Å². The van der Waals surface area contributed by atoms with Gasteiger partial charge < -0.3 is 9.84 Å². The summed E-state index contributed by atoms with van der Waals surface area (Å²) in [7, 11) is 0. The highest BCUT2D eigenvalue weighted by Crippen LogP contribution is 2.37. The third-order valence-corrected chi connectivity index (χ3v) is 4.25. The predicted octanol–water partition coefficient (Wildman–Crippen LogP) is 3.13. The summed E-state index contributed by atoms with van der Waals surface area (Å²) in [5.74, 6) is 0.312. The summed E-state index contributed by atoms with van der Waals surface area (Å²) in [5, 5.41) is 14.4. The van der Waals surface area contributed by atoms with Crippen molar-refractivity contribution < 1.29 is 14.6 Å². The molecule has 1 aromatic carbocycles. The number of nitrogens with one attached hydrogen (secondary N) is 1. The second-order valence-corrected chi connectivity index (χ2v) is 5.94. The molecule has 3 rings (SSSR count). The van der Waals surface area contributed by atoms with E-state index in [0.717, 1.165) is 24.1 Å². The van der Waals surface area contributed by atoms with Gasteiger partial charge in [0.15, 0.2) is 5.13 Å². The summed E-state index contributed by atoms with van der Waals surface area (Å²) in [5.41, 5.74) is 1.87. The Balaban J connectivity index is 1.48. The molecular weight excluding hydrogens is 288 g/mol. The molecule has 110 valence electrons. The van der Waals surface area contributed by atoms with Gasteiger partial charge in [0.25, 0.3) is 0 Å². The molecule has 0 radical (unpaired) electrons. The molecule has 1 saturated carbocycles. The average molecular weight is 304 g/mol. The quantitative estimate of drug-likeness (QED) is 0.910. The lowest BCUT2D eigenvalue weighted by Crippen LogP contribution is -2.26. The van der Waals surface area contributed by atoms with Crippen LogP contribution in [0, 0.1) is 0 Å². The number of anilines is 1. The molecule has 1 fully saturated rings. The number of carbonyl (C=O) groups is 1. The molecule has 0 unspecified atom stereocenters. The molecule has 1 aliphatic carbocycles. The smallest absolute Gasteiger partial charge is 0.413 e. The van der Waals surface area contributed by atoms with Gasteiger partial charge in [-0.05, 0) is 18.4 Å². The highest BCUT2D eigenvalue weighted by Gasteiger charge is 2.30. The normalized spacial score (nSPS) is 20.6. The first-order valence-corrected chi connectivity index (χ1v) is 7.70. The zero-order valence-electron chi connectivity index (χ0n) is 11.4. The second-order valence-electron chi connectivity index (χ2n) is 5.09. The van der Waals surface area contributed by atoms with Crippen LogP contribution in [-0.2, 0) is 11.3 Å². The van der Waals surface area contributed by atoms with Crippen molar-refractivity contribution in [3.8, 4) is 0 Å². The van der Waals surface area contributed by atoms with Crippen LogP contribution in [0.15, 0.2) is 35.7 Å². The number of amides is 1. The first kappa shape index (κ1) is 14.0. The summed E-state index contributed by atoms with van der Waals surface area (Å²) >= 11 is 1.37. The lowest BCUT2D eigenvalue weighted by Gasteiger charge is -2.29. The molecule has 1 aromatic heterocycles. The minimum atomic E-state index is -0.506. The number of hydrogen-bond acceptors (Lipinski definition) is 5. The molecule has 0 bridgehead atoms. The van der Waals surface area contributed by atoms with Crippen LogP contribution >= 0.6 is 11.3 Å². The number of aliphatic hydroxyl groups is 1. The van der Waals surface area contributed by atoms with Gasteiger partial charge in [-0.1, -0.05) is 30.3 Å². The Bertz CT molecular complexity index is 608. The van der Waals surface area contributed by atoms with Gasteiger partial charge in [0.05, 0.1) is 11.8 Å². The molecule has 1 aliphatic rings. The van der Waals surface area contributed by atoms with E-state index in [2.05, 4.69) is 10.3 Å². The summed E-state index contributed by atoms with van der Waals surface area (Å²) in [6.45, 7) is 0.236. The van der Waals surface area contributed by atoms with Crippen LogP contribution in [0.5, 0.6) is 0 Å². The number of ether oxygens (including phenoxy) is 1. The molecule has 21 heavy (non-hydrogen) atoms. The van der Waals surface area contributed by atoms with Crippen LogP contribution < -0.4 is 5.32 Å². The summed E-state index contributed by atoms with van der Waals surface area (Å²) < 4.78 is 5.14. The average Bonchev–Trinajstić information content (AvgIpc) is 2.91. The number of thiazole rings is 1. The second kappa shape index (κ2) is 6.24. The fourth-order valence-corrected chi connectivity index (χ4v) is 2.98. The number of rotatable bonds is 4. The van der Waals surface area contributed by atoms with Gasteiger partial charge in [-0.15, -0.1) is 11.3 Å². The van der Waals surface area contributed by atoms with Crippen LogP contribution in [0.3, 0.4) is 0 Å². The number of carbonyl (C=O) groups excluding carboxylic acids is 1. The Morgan fingerprint density at radius 2 is 2.14 bits per heavy atom. The molecule has 6 heteroatoms. The summed E-state index contributed by atoms with van der Waals surface area (Å²) in [4.78, 5) is 16.1. The van der Waals surface area contributed by atoms with Crippen LogP contribution in [0.4, 0.5) is 9.93 Å². The Kier molecular flexibility index (Phi) is 4.17. The topological polar surface area (TPSA) is 71.5 Å². The van der Waals surface area contributed by atoms with Crippen LogP contribution in [0.25, 0.3) is 0 Å². The van der Waals surface area contributed by atoms with Gasteiger partial charge in [-0.2, -0.15) is 0 Å². The van der Waals surface area contributed by atoms with Gasteiger partial charge in [-0.3, -0.25) is 5.32 Å². The zero-order chi connectivity index (χ0) is 14.7. The lowest BCUT2D eigenvalue weighted by molar-refractivity contribution is 0.0734. The van der Waals surface area contributed by atoms with E-state index in [1.165, 1.54) is 11.3 Å². The zero-order valence-corrected chi connectivity index (χ0v) is 12.2. The van der Waals surface area contributed by atoms with Crippen molar-refractivity contribution in [3.05, 3.63) is 47.0 Å². The van der Waals surface area contributed by atoms with Gasteiger partial charge in [0.1, 0.15) is 6.61 Å². The predicted molar refractivity (Wildman–Crippen MR) is 80.3 cm³/mol. The van der Waals surface area contributed by atoms with Crippen molar-refractivity contribution in [2.24, 2.45) is 0 Å². The van der Waals surface area contributed by atoms with Crippen molar-refractivity contribution in [3.63, 3.8) is 0 Å². The van der Waals surface area contributed by atoms with Crippen LogP contribution in [0.2, 0.25) is 0 Å². The van der Waals surface area contributed by atoms with Crippen LogP contribution in [-0.4, -0.2) is 22.3 Å². The van der Waals surface area contributed by atoms with Crippen LogP contribution in [0.1, 0.15) is 30.0 Å². The van der Waals surface area contributed by atoms with E-state index in [1.807, 2.05) is 35.7 Å². The fourth-order valence-electron chi connectivity index (χ4n) is 2.21. The van der Waals surface area contributed by atoms with Gasteiger partial charge in [0.2, 0.25) is 0 Å². The number of aromatic nitrogens is 1. The minimum Gasteiger partial charge on any atom is -0.444 e. The Morgan fingerprint density at radius 1 is 1.38 bits per heavy atom. The van der Waals surface area contributed by atoms with Crippen molar-refractivity contribution in [1.29, 1.82) is 0 Å². The van der Waals surface area contributed by atoms with E-state index in [4.69, 9.17) is 4.74 Å². The standard InChI is InChI=1S/C15H16N2O3S/c18-12-6-11(7-12)13-9-21-14(16-13)17-15(19)20-8-10-4-2-1-3-5-10/h1-5,9,11-12,18H,6-8H2,(H,16,17,19). The molecule has 0 aliphatic heterocycles. The largest absolute Gasteiger partial charge is 0.444 e. The minimum absolute atomic E-state index is 0.205. The molecular formula is C15H16N2O3S. The lowest BCUT2D eigenvalue weighted by atomic mass is 9.81. The molecule has 0 spiro atoms. The number of hydrogen-bond donors (Lipinski definition) is 2. The Hall–Kier alpha value is -1.92. The molecule has 1 heterocycles. The molecule has 0 saturated heterocycles. The number of nitrogens with zero attached hydrogens (tertiary/aromatic N) is 1. The molecule has 2 aromatic rings. The van der Waals surface area contributed by atoms with E-state index in [-0.39, 0.29) is 12.7 Å². The monoisotopic (exact) mass is 304 g/mol. The van der Waals surface area contributed by atoms with Gasteiger partial charge in [0, 0.05) is 11.3 Å². The maximum atomic E-state index is 11.7. The van der Waals surface area contributed by atoms with Gasteiger partial charge in [-0.25, -0.2) is 9.78 Å². The van der Waals surface area contributed by atoms with Crippen molar-refractivity contribution in [1.82, 2.24) is 4.98 Å². The Morgan fingerprint density at radius 3 is 2.86 bits per heavy atom. The highest BCUT2D eigenvalue weighted by atomic mass is 32.1. The van der Waals surface area contributed by atoms with E-state index < -0.39 is 6.09 Å². The molecule has 1 amide bonds. The maximum absolute atomic E-state index is 11.7. The molecule has 0 atom stereocenters. The maximum Gasteiger partial charge on any atom is 0.413 e. The van der Waals surface area contributed by atoms with Crippen molar-refractivity contribution in [2.75, 3.05) is 5.32 Å². The molecule has 2 N–H and O–H groups in total. The number of aliphatic hydroxyl groups excluding tert-OH is 1. The third kappa shape index (κ3) is 3.59. The SMILES string of the molecule is O=C(Nc1nc(C2CC(O)C2)cs1)OCc1ccccc1. The van der Waals surface area contributed by atoms with Gasteiger partial charge >= 0.3 is 6.09 Å². The van der Waals surface area contributed by atoms with Crippen molar-refractivity contribution >= 4 is 22.6 Å². The number of benzene rings is 1. The molecule has 5 nitrogen and oxygen atoms in total. The Labute approximate surface area is 126 Å². The first-order valence-electron chi connectivity index (χ1n) is 6.82. The fraction of sp³-hybridized carbons (Fsp3) is 0.333. The van der Waals surface area contributed by atoms with E-state index in [0.29, 0.717) is 11.0 Å². The first-order chi connectivity index (χ1) is 10.2. The van der Waals surface area contributed by atoms with E-state index in [1.54, 1.807) is 0 Å². The van der Waals surface area contributed by atoms with Crippen molar-refractivity contribution in [2.45, 2.75) is 31.5 Å². The highest BCUT2D eigenvalue weighted by molar-refractivity contribution is 7.13. The summed E-state index contributed by atoms with van der Waals surface area (Å²) in [6, 6.07) is 9.51. The van der Waals surface area contributed by atoms with E-state index in [9.17, 15) is 9.90 Å². The summed E-state index contributed by atoms with van der Waals surface area (Å²) in [6.07, 6.45) is 0.792.